The SMILES string of the molecule is COC1(C#C/C(C)=C/c2ccccc2)[C@@H]2[C@H]3CC[C@H](C3)[C@@H]21. The lowest BCUT2D eigenvalue weighted by molar-refractivity contribution is 0.0831. The average molecular weight is 278 g/mol. The summed E-state index contributed by atoms with van der Waals surface area (Å²) in [7, 11) is 1.85. The maximum Gasteiger partial charge on any atom is 0.135 e. The largest absolute Gasteiger partial charge is 0.365 e. The Kier molecular flexibility index (Phi) is 2.98. The molecular formula is C20H22O. The third-order valence-corrected chi connectivity index (χ3v) is 5.77. The molecule has 3 aliphatic rings. The van der Waals surface area contributed by atoms with E-state index in [-0.39, 0.29) is 5.60 Å². The summed E-state index contributed by atoms with van der Waals surface area (Å²) in [4.78, 5) is 0. The van der Waals surface area contributed by atoms with Gasteiger partial charge in [-0.15, -0.1) is 0 Å². The van der Waals surface area contributed by atoms with Gasteiger partial charge in [0.15, 0.2) is 0 Å². The first-order valence-electron chi connectivity index (χ1n) is 8.06. The average Bonchev–Trinajstić information content (AvgIpc) is 2.82. The van der Waals surface area contributed by atoms with E-state index in [1.54, 1.807) is 0 Å². The zero-order chi connectivity index (χ0) is 14.4. The summed E-state index contributed by atoms with van der Waals surface area (Å²) >= 11 is 0. The first kappa shape index (κ1) is 13.2. The van der Waals surface area contributed by atoms with Crippen molar-refractivity contribution in [2.24, 2.45) is 23.7 Å². The van der Waals surface area contributed by atoms with Gasteiger partial charge in [0.1, 0.15) is 5.60 Å². The summed E-state index contributed by atoms with van der Waals surface area (Å²) in [5.74, 6) is 10.1. The van der Waals surface area contributed by atoms with Crippen LogP contribution in [0.25, 0.3) is 6.08 Å². The maximum atomic E-state index is 5.90. The molecule has 1 heteroatoms. The fourth-order valence-corrected chi connectivity index (χ4v) is 4.93. The molecule has 0 aliphatic heterocycles. The molecule has 0 N–H and O–H groups in total. The quantitative estimate of drug-likeness (QED) is 0.738. The number of methoxy groups -OCH3 is 1. The molecule has 0 heterocycles. The lowest BCUT2D eigenvalue weighted by Gasteiger charge is -2.16. The summed E-state index contributed by atoms with van der Waals surface area (Å²) in [6.07, 6.45) is 6.39. The number of benzene rings is 1. The first-order valence-corrected chi connectivity index (χ1v) is 8.06. The van der Waals surface area contributed by atoms with Crippen LogP contribution in [0.2, 0.25) is 0 Å². The van der Waals surface area contributed by atoms with E-state index >= 15 is 0 Å². The van der Waals surface area contributed by atoms with Crippen molar-refractivity contribution >= 4 is 6.08 Å². The molecule has 0 aromatic heterocycles. The van der Waals surface area contributed by atoms with Crippen LogP contribution in [-0.4, -0.2) is 12.7 Å². The van der Waals surface area contributed by atoms with Gasteiger partial charge in [0, 0.05) is 18.9 Å². The molecule has 1 aromatic carbocycles. The van der Waals surface area contributed by atoms with Gasteiger partial charge >= 0.3 is 0 Å². The monoisotopic (exact) mass is 278 g/mol. The zero-order valence-electron chi connectivity index (χ0n) is 12.8. The molecular weight excluding hydrogens is 256 g/mol. The van der Waals surface area contributed by atoms with Crippen molar-refractivity contribution in [1.82, 2.24) is 0 Å². The van der Waals surface area contributed by atoms with Gasteiger partial charge in [0.05, 0.1) is 0 Å². The minimum Gasteiger partial charge on any atom is -0.365 e. The Labute approximate surface area is 127 Å². The van der Waals surface area contributed by atoms with Gasteiger partial charge in [-0.25, -0.2) is 0 Å². The highest BCUT2D eigenvalue weighted by Gasteiger charge is 2.75. The molecule has 4 rings (SSSR count). The van der Waals surface area contributed by atoms with Crippen molar-refractivity contribution < 1.29 is 4.74 Å². The van der Waals surface area contributed by atoms with Crippen molar-refractivity contribution in [3.63, 3.8) is 0 Å². The molecule has 2 bridgehead atoms. The van der Waals surface area contributed by atoms with Gasteiger partial charge < -0.3 is 4.74 Å². The number of allylic oxidation sites excluding steroid dienone is 1. The van der Waals surface area contributed by atoms with Crippen LogP contribution in [-0.2, 0) is 4.74 Å². The fraction of sp³-hybridized carbons (Fsp3) is 0.500. The molecule has 1 aromatic rings. The molecule has 0 spiro atoms. The Bertz CT molecular complexity index is 615. The smallest absolute Gasteiger partial charge is 0.135 e. The summed E-state index contributed by atoms with van der Waals surface area (Å²) in [5.41, 5.74) is 2.22. The van der Waals surface area contributed by atoms with Crippen LogP contribution in [0.5, 0.6) is 0 Å². The highest BCUT2D eigenvalue weighted by molar-refractivity contribution is 5.58. The summed E-state index contributed by atoms with van der Waals surface area (Å²) in [5, 5.41) is 0. The van der Waals surface area contributed by atoms with Crippen molar-refractivity contribution in [2.75, 3.05) is 7.11 Å². The van der Waals surface area contributed by atoms with Crippen LogP contribution in [0.1, 0.15) is 31.7 Å². The zero-order valence-corrected chi connectivity index (χ0v) is 12.8. The maximum absolute atomic E-state index is 5.90. The van der Waals surface area contributed by atoms with Crippen molar-refractivity contribution in [3.8, 4) is 11.8 Å². The van der Waals surface area contributed by atoms with E-state index in [1.165, 1.54) is 24.8 Å². The van der Waals surface area contributed by atoms with Gasteiger partial charge in [-0.2, -0.15) is 0 Å². The second kappa shape index (κ2) is 4.75. The predicted molar refractivity (Wildman–Crippen MR) is 85.4 cm³/mol. The Morgan fingerprint density at radius 2 is 1.86 bits per heavy atom. The highest BCUT2D eigenvalue weighted by Crippen LogP contribution is 2.72. The van der Waals surface area contributed by atoms with E-state index in [0.29, 0.717) is 0 Å². The molecule has 1 unspecified atom stereocenters. The van der Waals surface area contributed by atoms with Crippen molar-refractivity contribution in [1.29, 1.82) is 0 Å². The van der Waals surface area contributed by atoms with Crippen molar-refractivity contribution in [3.05, 3.63) is 41.5 Å². The molecule has 0 saturated heterocycles. The standard InChI is InChI=1S/C20H22O/c1-14(12-15-6-4-3-5-7-15)10-11-20(21-2)18-16-8-9-17(13-16)19(18)20/h3-7,12,16-19H,8-9,13H2,1-2H3/b14-12+/t16-,17+,18+,19-,20?. The van der Waals surface area contributed by atoms with E-state index in [4.69, 9.17) is 4.74 Å². The van der Waals surface area contributed by atoms with Gasteiger partial charge in [-0.3, -0.25) is 0 Å². The Morgan fingerprint density at radius 1 is 1.19 bits per heavy atom. The fourth-order valence-electron chi connectivity index (χ4n) is 4.93. The van der Waals surface area contributed by atoms with E-state index in [1.807, 2.05) is 13.2 Å². The number of hydrogen-bond donors (Lipinski definition) is 0. The second-order valence-corrected chi connectivity index (χ2v) is 6.87. The summed E-state index contributed by atoms with van der Waals surface area (Å²) in [6, 6.07) is 10.4. The number of fused-ring (bicyclic) bond motifs is 5. The Balaban J connectivity index is 1.55. The first-order chi connectivity index (χ1) is 10.2. The molecule has 3 aliphatic carbocycles. The van der Waals surface area contributed by atoms with Gasteiger partial charge in [-0.1, -0.05) is 42.2 Å². The lowest BCUT2D eigenvalue weighted by atomic mass is 9.99. The van der Waals surface area contributed by atoms with Gasteiger partial charge in [0.25, 0.3) is 0 Å². The molecule has 3 saturated carbocycles. The van der Waals surface area contributed by atoms with E-state index < -0.39 is 0 Å². The van der Waals surface area contributed by atoms with Gasteiger partial charge in [0.2, 0.25) is 0 Å². The third-order valence-electron chi connectivity index (χ3n) is 5.77. The van der Waals surface area contributed by atoms with Crippen LogP contribution >= 0.6 is 0 Å². The van der Waals surface area contributed by atoms with Crippen LogP contribution in [0.3, 0.4) is 0 Å². The van der Waals surface area contributed by atoms with E-state index in [0.717, 1.165) is 29.2 Å². The molecule has 21 heavy (non-hydrogen) atoms. The second-order valence-electron chi connectivity index (χ2n) is 6.87. The minimum absolute atomic E-state index is 0.115. The summed E-state index contributed by atoms with van der Waals surface area (Å²) < 4.78 is 5.90. The molecule has 5 atom stereocenters. The van der Waals surface area contributed by atoms with E-state index in [9.17, 15) is 0 Å². The third kappa shape index (κ3) is 1.97. The molecule has 108 valence electrons. The van der Waals surface area contributed by atoms with Crippen LogP contribution in [0.15, 0.2) is 35.9 Å². The predicted octanol–water partition coefficient (Wildman–Crippen LogP) is 4.15. The molecule has 0 radical (unpaired) electrons. The summed E-state index contributed by atoms with van der Waals surface area (Å²) in [6.45, 7) is 2.09. The molecule has 0 amide bonds. The minimum atomic E-state index is -0.115. The Morgan fingerprint density at radius 3 is 2.48 bits per heavy atom. The highest BCUT2D eigenvalue weighted by atomic mass is 16.5. The van der Waals surface area contributed by atoms with Crippen LogP contribution in [0.4, 0.5) is 0 Å². The topological polar surface area (TPSA) is 9.23 Å². The van der Waals surface area contributed by atoms with E-state index in [2.05, 4.69) is 49.1 Å². The number of hydrogen-bond acceptors (Lipinski definition) is 1. The van der Waals surface area contributed by atoms with Crippen molar-refractivity contribution in [2.45, 2.75) is 31.8 Å². The molecule has 1 nitrogen and oxygen atoms in total. The normalized spacial score (nSPS) is 39.6. The number of rotatable bonds is 2. The van der Waals surface area contributed by atoms with Gasteiger partial charge in [-0.05, 0) is 55.2 Å². The van der Waals surface area contributed by atoms with Crippen LogP contribution in [0, 0.1) is 35.5 Å². The lowest BCUT2D eigenvalue weighted by Crippen LogP contribution is -2.20. The Hall–Kier alpha value is -1.52. The molecule has 3 fully saturated rings. The number of ether oxygens (including phenoxy) is 1. The van der Waals surface area contributed by atoms with Crippen LogP contribution < -0.4 is 0 Å².